The minimum Gasteiger partial charge on any atom is -0.495 e. The largest absolute Gasteiger partial charge is 0.495 e. The van der Waals surface area contributed by atoms with Crippen LogP contribution in [0.1, 0.15) is 5.56 Å². The molecule has 0 aliphatic rings. The molecule has 17 heavy (non-hydrogen) atoms. The summed E-state index contributed by atoms with van der Waals surface area (Å²) in [4.78, 5) is 0. The normalized spacial score (nSPS) is 10.3. The second-order valence-corrected chi connectivity index (χ2v) is 4.30. The molecule has 1 heterocycles. The van der Waals surface area contributed by atoms with E-state index >= 15 is 0 Å². The first-order valence-electron chi connectivity index (χ1n) is 5.37. The van der Waals surface area contributed by atoms with Crippen molar-refractivity contribution in [2.75, 3.05) is 12.4 Å². The van der Waals surface area contributed by atoms with Crippen LogP contribution in [0.15, 0.2) is 36.7 Å². The predicted molar refractivity (Wildman–Crippen MR) is 70.7 cm³/mol. The lowest BCUT2D eigenvalue weighted by atomic mass is 10.2. The third-order valence-electron chi connectivity index (χ3n) is 2.54. The van der Waals surface area contributed by atoms with Crippen molar-refractivity contribution in [2.24, 2.45) is 7.05 Å². The fourth-order valence-electron chi connectivity index (χ4n) is 1.64. The molecule has 0 unspecified atom stereocenters. The Labute approximate surface area is 106 Å². The van der Waals surface area contributed by atoms with Gasteiger partial charge in [0, 0.05) is 37.7 Å². The first-order valence-corrected chi connectivity index (χ1v) is 5.75. The third-order valence-corrected chi connectivity index (χ3v) is 2.85. The molecular formula is C13H15ClN2O. The number of hydrogen-bond donors (Lipinski definition) is 1. The molecular weight excluding hydrogens is 236 g/mol. The molecule has 0 fully saturated rings. The summed E-state index contributed by atoms with van der Waals surface area (Å²) in [6.45, 7) is 0.783. The second-order valence-electron chi connectivity index (χ2n) is 3.89. The molecule has 0 bridgehead atoms. The van der Waals surface area contributed by atoms with E-state index < -0.39 is 0 Å². The topological polar surface area (TPSA) is 26.2 Å². The zero-order chi connectivity index (χ0) is 12.3. The van der Waals surface area contributed by atoms with E-state index in [4.69, 9.17) is 16.3 Å². The zero-order valence-corrected chi connectivity index (χ0v) is 10.7. The van der Waals surface area contributed by atoms with Crippen molar-refractivity contribution in [1.29, 1.82) is 0 Å². The standard InChI is InChI=1S/C13H15ClN2O/c1-16-6-5-10(9-16)8-15-11-3-4-12(14)13(7-11)17-2/h3-7,9,15H,8H2,1-2H3. The summed E-state index contributed by atoms with van der Waals surface area (Å²) in [6, 6.07) is 7.74. The lowest BCUT2D eigenvalue weighted by Gasteiger charge is -2.08. The Morgan fingerprint density at radius 1 is 1.35 bits per heavy atom. The van der Waals surface area contributed by atoms with Crippen LogP contribution in [0.4, 0.5) is 5.69 Å². The SMILES string of the molecule is COc1cc(NCc2ccn(C)c2)ccc1Cl. The Morgan fingerprint density at radius 2 is 2.18 bits per heavy atom. The number of ether oxygens (including phenoxy) is 1. The maximum atomic E-state index is 5.96. The van der Waals surface area contributed by atoms with Crippen LogP contribution in [-0.2, 0) is 13.6 Å². The number of benzene rings is 1. The van der Waals surface area contributed by atoms with Gasteiger partial charge in [0.2, 0.25) is 0 Å². The number of nitrogens with one attached hydrogen (secondary N) is 1. The van der Waals surface area contributed by atoms with E-state index in [1.54, 1.807) is 7.11 Å². The van der Waals surface area contributed by atoms with E-state index in [0.29, 0.717) is 10.8 Å². The molecule has 0 aliphatic carbocycles. The summed E-state index contributed by atoms with van der Waals surface area (Å²) in [5, 5.41) is 3.95. The van der Waals surface area contributed by atoms with Crippen LogP contribution >= 0.6 is 11.6 Å². The summed E-state index contributed by atoms with van der Waals surface area (Å²) in [5.74, 6) is 0.685. The molecule has 2 aromatic rings. The first kappa shape index (κ1) is 11.9. The van der Waals surface area contributed by atoms with Gasteiger partial charge < -0.3 is 14.6 Å². The van der Waals surface area contributed by atoms with E-state index in [9.17, 15) is 0 Å². The molecule has 4 heteroatoms. The molecule has 0 saturated carbocycles. The quantitative estimate of drug-likeness (QED) is 0.901. The third kappa shape index (κ3) is 2.94. The molecule has 90 valence electrons. The lowest BCUT2D eigenvalue weighted by molar-refractivity contribution is 0.415. The van der Waals surface area contributed by atoms with Crippen molar-refractivity contribution in [3.63, 3.8) is 0 Å². The van der Waals surface area contributed by atoms with Crippen LogP contribution in [0.2, 0.25) is 5.02 Å². The van der Waals surface area contributed by atoms with E-state index in [1.165, 1.54) is 5.56 Å². The summed E-state index contributed by atoms with van der Waals surface area (Å²) >= 11 is 5.96. The number of halogens is 1. The molecule has 0 spiro atoms. The smallest absolute Gasteiger partial charge is 0.139 e. The van der Waals surface area contributed by atoms with Crippen LogP contribution in [-0.4, -0.2) is 11.7 Å². The van der Waals surface area contributed by atoms with Crippen molar-refractivity contribution in [3.05, 3.63) is 47.2 Å². The van der Waals surface area contributed by atoms with Crippen molar-refractivity contribution in [1.82, 2.24) is 4.57 Å². The van der Waals surface area contributed by atoms with E-state index in [1.807, 2.05) is 36.0 Å². The minimum absolute atomic E-state index is 0.623. The molecule has 0 saturated heterocycles. The number of hydrogen-bond acceptors (Lipinski definition) is 2. The Hall–Kier alpha value is -1.61. The Bertz CT molecular complexity index is 508. The molecule has 3 nitrogen and oxygen atoms in total. The highest BCUT2D eigenvalue weighted by Gasteiger charge is 2.02. The number of rotatable bonds is 4. The van der Waals surface area contributed by atoms with Crippen LogP contribution in [0, 0.1) is 0 Å². The van der Waals surface area contributed by atoms with Gasteiger partial charge in [0.25, 0.3) is 0 Å². The Morgan fingerprint density at radius 3 is 2.82 bits per heavy atom. The van der Waals surface area contributed by atoms with E-state index in [0.717, 1.165) is 12.2 Å². The van der Waals surface area contributed by atoms with Crippen molar-refractivity contribution < 1.29 is 4.74 Å². The highest BCUT2D eigenvalue weighted by Crippen LogP contribution is 2.27. The zero-order valence-electron chi connectivity index (χ0n) is 9.90. The maximum Gasteiger partial charge on any atom is 0.139 e. The fourth-order valence-corrected chi connectivity index (χ4v) is 1.83. The van der Waals surface area contributed by atoms with Crippen LogP contribution in [0.3, 0.4) is 0 Å². The van der Waals surface area contributed by atoms with Gasteiger partial charge in [-0.3, -0.25) is 0 Å². The van der Waals surface area contributed by atoms with Gasteiger partial charge in [-0.25, -0.2) is 0 Å². The fraction of sp³-hybridized carbons (Fsp3) is 0.231. The average molecular weight is 251 g/mol. The van der Waals surface area contributed by atoms with Gasteiger partial charge in [0.05, 0.1) is 12.1 Å². The lowest BCUT2D eigenvalue weighted by Crippen LogP contribution is -1.98. The molecule has 0 amide bonds. The van der Waals surface area contributed by atoms with Gasteiger partial charge in [-0.15, -0.1) is 0 Å². The highest BCUT2D eigenvalue weighted by atomic mass is 35.5. The predicted octanol–water partition coefficient (Wildman–Crippen LogP) is 3.30. The van der Waals surface area contributed by atoms with Gasteiger partial charge in [-0.1, -0.05) is 11.6 Å². The molecule has 0 atom stereocenters. The monoisotopic (exact) mass is 250 g/mol. The molecule has 0 aliphatic heterocycles. The van der Waals surface area contributed by atoms with Crippen LogP contribution in [0.25, 0.3) is 0 Å². The highest BCUT2D eigenvalue weighted by molar-refractivity contribution is 6.32. The summed E-state index contributed by atoms with van der Waals surface area (Å²) in [6.07, 6.45) is 4.11. The van der Waals surface area contributed by atoms with E-state index in [-0.39, 0.29) is 0 Å². The molecule has 1 aromatic carbocycles. The van der Waals surface area contributed by atoms with Gasteiger partial charge in [-0.2, -0.15) is 0 Å². The Balaban J connectivity index is 2.04. The average Bonchev–Trinajstić information content (AvgIpc) is 2.74. The number of aromatic nitrogens is 1. The maximum absolute atomic E-state index is 5.96. The summed E-state index contributed by atoms with van der Waals surface area (Å²) in [7, 11) is 3.62. The van der Waals surface area contributed by atoms with Gasteiger partial charge >= 0.3 is 0 Å². The molecule has 1 aromatic heterocycles. The number of anilines is 1. The summed E-state index contributed by atoms with van der Waals surface area (Å²) in [5.41, 5.74) is 2.23. The van der Waals surface area contributed by atoms with Gasteiger partial charge in [0.1, 0.15) is 5.75 Å². The van der Waals surface area contributed by atoms with E-state index in [2.05, 4.69) is 17.6 Å². The van der Waals surface area contributed by atoms with Gasteiger partial charge in [0.15, 0.2) is 0 Å². The molecule has 2 rings (SSSR count). The van der Waals surface area contributed by atoms with Crippen LogP contribution in [0.5, 0.6) is 5.75 Å². The Kier molecular flexibility index (Phi) is 3.59. The number of aryl methyl sites for hydroxylation is 1. The van der Waals surface area contributed by atoms with Gasteiger partial charge in [-0.05, 0) is 23.8 Å². The van der Waals surface area contributed by atoms with Crippen molar-refractivity contribution >= 4 is 17.3 Å². The molecule has 0 radical (unpaired) electrons. The minimum atomic E-state index is 0.623. The number of methoxy groups -OCH3 is 1. The molecule has 1 N–H and O–H groups in total. The second kappa shape index (κ2) is 5.15. The van der Waals surface area contributed by atoms with Crippen molar-refractivity contribution in [2.45, 2.75) is 6.54 Å². The number of nitrogens with zero attached hydrogens (tertiary/aromatic N) is 1. The van der Waals surface area contributed by atoms with Crippen molar-refractivity contribution in [3.8, 4) is 5.75 Å². The summed E-state index contributed by atoms with van der Waals surface area (Å²) < 4.78 is 7.19. The first-order chi connectivity index (χ1) is 8.19. The van der Waals surface area contributed by atoms with Crippen LogP contribution < -0.4 is 10.1 Å².